The second-order valence-corrected chi connectivity index (χ2v) is 4.88. The Labute approximate surface area is 123 Å². The zero-order valence-electron chi connectivity index (χ0n) is 13.0. The highest BCUT2D eigenvalue weighted by molar-refractivity contribution is 5.78. The maximum Gasteiger partial charge on any atom is -0.0187 e. The molecule has 0 nitrogen and oxygen atoms in total. The first-order valence-corrected chi connectivity index (χ1v) is 6.93. The summed E-state index contributed by atoms with van der Waals surface area (Å²) >= 11 is 0. The van der Waals surface area contributed by atoms with Crippen LogP contribution in [-0.2, 0) is 0 Å². The van der Waals surface area contributed by atoms with Gasteiger partial charge in [0.05, 0.1) is 0 Å². The van der Waals surface area contributed by atoms with Gasteiger partial charge in [0.1, 0.15) is 0 Å². The molecule has 0 heterocycles. The highest BCUT2D eigenvalue weighted by atomic mass is 14.1. The lowest BCUT2D eigenvalue weighted by atomic mass is 9.98. The van der Waals surface area contributed by atoms with Crippen molar-refractivity contribution in [2.45, 2.75) is 27.7 Å². The van der Waals surface area contributed by atoms with Crippen molar-refractivity contribution in [2.75, 3.05) is 0 Å². The maximum absolute atomic E-state index is 3.98. The van der Waals surface area contributed by atoms with Crippen LogP contribution in [0.25, 0.3) is 11.1 Å². The first kappa shape index (κ1) is 16.0. The molecule has 0 unspecified atom stereocenters. The van der Waals surface area contributed by atoms with Crippen LogP contribution in [0.1, 0.15) is 38.8 Å². The number of allylic oxidation sites excluding steroid dienone is 8. The first-order valence-electron chi connectivity index (χ1n) is 6.93. The lowest BCUT2D eigenvalue weighted by Crippen LogP contribution is -1.86. The highest BCUT2D eigenvalue weighted by Gasteiger charge is 2.01. The summed E-state index contributed by atoms with van der Waals surface area (Å²) in [6.07, 6.45) is 8.27. The molecule has 1 rings (SSSR count). The van der Waals surface area contributed by atoms with Crippen LogP contribution in [0.3, 0.4) is 0 Å². The van der Waals surface area contributed by atoms with Crippen LogP contribution in [0.5, 0.6) is 0 Å². The third kappa shape index (κ3) is 3.96. The van der Waals surface area contributed by atoms with Gasteiger partial charge in [-0.1, -0.05) is 67.3 Å². The number of hydrogen-bond acceptors (Lipinski definition) is 0. The Morgan fingerprint density at radius 3 is 1.70 bits per heavy atom. The third-order valence-electron chi connectivity index (χ3n) is 3.44. The summed E-state index contributed by atoms with van der Waals surface area (Å²) in [6, 6.07) is 8.58. The summed E-state index contributed by atoms with van der Waals surface area (Å²) in [4.78, 5) is 0. The average Bonchev–Trinajstić information content (AvgIpc) is 2.46. The second kappa shape index (κ2) is 7.49. The Kier molecular flexibility index (Phi) is 5.99. The second-order valence-electron chi connectivity index (χ2n) is 4.88. The number of benzene rings is 1. The summed E-state index contributed by atoms with van der Waals surface area (Å²) < 4.78 is 0. The SMILES string of the molecule is C=C/C(=C\C)c1ccc(C(/C=C(\C)C(=C)C)=C/C)cc1. The molecule has 0 aliphatic rings. The Bertz CT molecular complexity index is 575. The summed E-state index contributed by atoms with van der Waals surface area (Å²) in [5.41, 5.74) is 7.11. The van der Waals surface area contributed by atoms with E-state index in [0.29, 0.717) is 0 Å². The van der Waals surface area contributed by atoms with E-state index in [0.717, 1.165) is 11.1 Å². The van der Waals surface area contributed by atoms with E-state index < -0.39 is 0 Å². The summed E-state index contributed by atoms with van der Waals surface area (Å²) in [7, 11) is 0. The normalized spacial score (nSPS) is 13.3. The Hall–Kier alpha value is -2.08. The maximum atomic E-state index is 3.98. The molecule has 0 spiro atoms. The minimum absolute atomic E-state index is 1.10. The van der Waals surface area contributed by atoms with Crippen LogP contribution >= 0.6 is 0 Å². The molecular formula is C20H24. The van der Waals surface area contributed by atoms with Crippen molar-refractivity contribution >= 4 is 11.1 Å². The van der Waals surface area contributed by atoms with Crippen molar-refractivity contribution in [1.29, 1.82) is 0 Å². The predicted octanol–water partition coefficient (Wildman–Crippen LogP) is 6.20. The fourth-order valence-electron chi connectivity index (χ4n) is 1.95. The van der Waals surface area contributed by atoms with E-state index in [1.54, 1.807) is 0 Å². The van der Waals surface area contributed by atoms with E-state index in [-0.39, 0.29) is 0 Å². The van der Waals surface area contributed by atoms with Crippen LogP contribution in [0.2, 0.25) is 0 Å². The van der Waals surface area contributed by atoms with Gasteiger partial charge in [0.15, 0.2) is 0 Å². The van der Waals surface area contributed by atoms with Gasteiger partial charge >= 0.3 is 0 Å². The molecule has 0 amide bonds. The molecule has 0 aromatic heterocycles. The van der Waals surface area contributed by atoms with Crippen molar-refractivity contribution < 1.29 is 0 Å². The minimum atomic E-state index is 1.10. The quantitative estimate of drug-likeness (QED) is 0.555. The molecule has 1 aromatic rings. The molecule has 104 valence electrons. The van der Waals surface area contributed by atoms with Crippen molar-refractivity contribution in [3.63, 3.8) is 0 Å². The van der Waals surface area contributed by atoms with Crippen molar-refractivity contribution in [3.05, 3.63) is 84.0 Å². The van der Waals surface area contributed by atoms with Crippen LogP contribution < -0.4 is 0 Å². The highest BCUT2D eigenvalue weighted by Crippen LogP contribution is 2.23. The van der Waals surface area contributed by atoms with Crippen LogP contribution in [-0.4, -0.2) is 0 Å². The molecule has 0 fully saturated rings. The van der Waals surface area contributed by atoms with Gasteiger partial charge in [-0.2, -0.15) is 0 Å². The van der Waals surface area contributed by atoms with E-state index in [9.17, 15) is 0 Å². The summed E-state index contributed by atoms with van der Waals surface area (Å²) in [5.74, 6) is 0. The Morgan fingerprint density at radius 2 is 1.35 bits per heavy atom. The van der Waals surface area contributed by atoms with Crippen molar-refractivity contribution in [1.82, 2.24) is 0 Å². The van der Waals surface area contributed by atoms with Gasteiger partial charge in [-0.3, -0.25) is 0 Å². The van der Waals surface area contributed by atoms with Gasteiger partial charge in [0.25, 0.3) is 0 Å². The van der Waals surface area contributed by atoms with E-state index in [4.69, 9.17) is 0 Å². The fraction of sp³-hybridized carbons (Fsp3) is 0.200. The lowest BCUT2D eigenvalue weighted by Gasteiger charge is -2.07. The lowest BCUT2D eigenvalue weighted by molar-refractivity contribution is 1.36. The summed E-state index contributed by atoms with van der Waals surface area (Å²) in [5, 5.41) is 0. The number of hydrogen-bond donors (Lipinski definition) is 0. The molecule has 0 saturated carbocycles. The molecule has 0 heteroatoms. The van der Waals surface area contributed by atoms with E-state index >= 15 is 0 Å². The Balaban J connectivity index is 3.12. The van der Waals surface area contributed by atoms with Gasteiger partial charge in [-0.15, -0.1) is 0 Å². The smallest absolute Gasteiger partial charge is 0.0187 e. The molecule has 0 aliphatic heterocycles. The van der Waals surface area contributed by atoms with Crippen LogP contribution in [0, 0.1) is 0 Å². The van der Waals surface area contributed by atoms with Gasteiger partial charge < -0.3 is 0 Å². The zero-order chi connectivity index (χ0) is 15.1. The van der Waals surface area contributed by atoms with Crippen LogP contribution in [0.4, 0.5) is 0 Å². The molecular weight excluding hydrogens is 240 g/mol. The van der Waals surface area contributed by atoms with E-state index in [1.165, 1.54) is 22.3 Å². The zero-order valence-corrected chi connectivity index (χ0v) is 13.0. The molecule has 0 aliphatic carbocycles. The van der Waals surface area contributed by atoms with Gasteiger partial charge in [0, 0.05) is 0 Å². The Morgan fingerprint density at radius 1 is 0.900 bits per heavy atom. The van der Waals surface area contributed by atoms with E-state index in [1.807, 2.05) is 19.9 Å². The minimum Gasteiger partial charge on any atom is -0.0985 e. The third-order valence-corrected chi connectivity index (χ3v) is 3.44. The molecule has 0 N–H and O–H groups in total. The molecule has 20 heavy (non-hydrogen) atoms. The standard InChI is InChI=1S/C20H24/c1-7-17(8-2)19-10-12-20(13-11-19)18(9-3)14-16(6)15(4)5/h7-14H,1,4H2,2-3,5-6H3/b16-14+,17-8+,18-9+. The molecule has 0 atom stereocenters. The predicted molar refractivity (Wildman–Crippen MR) is 92.5 cm³/mol. The molecule has 0 radical (unpaired) electrons. The van der Waals surface area contributed by atoms with Crippen molar-refractivity contribution in [3.8, 4) is 0 Å². The average molecular weight is 264 g/mol. The first-order chi connectivity index (χ1) is 9.53. The largest absolute Gasteiger partial charge is 0.0985 e. The summed E-state index contributed by atoms with van der Waals surface area (Å²) in [6.45, 7) is 16.0. The van der Waals surface area contributed by atoms with Gasteiger partial charge in [-0.25, -0.2) is 0 Å². The topological polar surface area (TPSA) is 0 Å². The van der Waals surface area contributed by atoms with Gasteiger partial charge in [0.2, 0.25) is 0 Å². The van der Waals surface area contributed by atoms with Crippen LogP contribution in [0.15, 0.2) is 72.9 Å². The molecule has 1 aromatic carbocycles. The fourth-order valence-corrected chi connectivity index (χ4v) is 1.95. The molecule has 0 saturated heterocycles. The van der Waals surface area contributed by atoms with Crippen molar-refractivity contribution in [2.24, 2.45) is 0 Å². The number of rotatable bonds is 5. The van der Waals surface area contributed by atoms with Gasteiger partial charge in [-0.05, 0) is 55.5 Å². The monoisotopic (exact) mass is 264 g/mol. The van der Waals surface area contributed by atoms with E-state index in [2.05, 4.69) is 69.5 Å². The molecule has 0 bridgehead atoms.